The van der Waals surface area contributed by atoms with Crippen molar-refractivity contribution in [3.05, 3.63) is 34.3 Å². The number of aryl methyl sites for hydroxylation is 1. The molecular formula is C15H19ClN2O. The summed E-state index contributed by atoms with van der Waals surface area (Å²) in [4.78, 5) is 17.2. The summed E-state index contributed by atoms with van der Waals surface area (Å²) < 4.78 is 0. The number of carbonyl (C=O) groups is 1. The van der Waals surface area contributed by atoms with E-state index >= 15 is 0 Å². The molecule has 102 valence electrons. The van der Waals surface area contributed by atoms with Gasteiger partial charge >= 0.3 is 0 Å². The fourth-order valence-corrected chi connectivity index (χ4v) is 3.33. The second-order valence-electron chi connectivity index (χ2n) is 5.59. The van der Waals surface area contributed by atoms with Gasteiger partial charge in [-0.05, 0) is 24.1 Å². The number of hydrogen-bond donors (Lipinski definition) is 0. The Kier molecular flexibility index (Phi) is 3.61. The maximum absolute atomic E-state index is 12.5. The molecule has 3 aliphatic heterocycles. The third-order valence-corrected chi connectivity index (χ3v) is 4.58. The Hall–Kier alpha value is -0.900. The van der Waals surface area contributed by atoms with Crippen molar-refractivity contribution in [3.8, 4) is 0 Å². The van der Waals surface area contributed by atoms with E-state index in [0.29, 0.717) is 17.2 Å². The Morgan fingerprint density at radius 1 is 1.32 bits per heavy atom. The number of Topliss-reactive ketones (excluding diaryl/α,β-unsaturated/α-hetero) is 1. The summed E-state index contributed by atoms with van der Waals surface area (Å²) in [6.45, 7) is 7.17. The number of halogens is 1. The highest BCUT2D eigenvalue weighted by Crippen LogP contribution is 2.22. The van der Waals surface area contributed by atoms with Crippen LogP contribution in [0.5, 0.6) is 0 Å². The molecule has 1 aromatic carbocycles. The Labute approximate surface area is 119 Å². The number of benzene rings is 1. The Balaban J connectivity index is 1.71. The smallest absolute Gasteiger partial charge is 0.155 e. The summed E-state index contributed by atoms with van der Waals surface area (Å²) in [5, 5.41) is 0.713. The second kappa shape index (κ2) is 5.23. The lowest BCUT2D eigenvalue weighted by molar-refractivity contribution is -0.128. The molecule has 0 amide bonds. The van der Waals surface area contributed by atoms with Gasteiger partial charge in [0.1, 0.15) is 0 Å². The van der Waals surface area contributed by atoms with E-state index in [-0.39, 0.29) is 6.04 Å². The zero-order chi connectivity index (χ0) is 13.4. The van der Waals surface area contributed by atoms with Crippen LogP contribution in [0.1, 0.15) is 11.1 Å². The monoisotopic (exact) mass is 278 g/mol. The van der Waals surface area contributed by atoms with E-state index in [1.54, 1.807) is 0 Å². The first kappa shape index (κ1) is 13.1. The van der Waals surface area contributed by atoms with Crippen LogP contribution in [0.3, 0.4) is 0 Å². The number of ketones is 1. The van der Waals surface area contributed by atoms with Gasteiger partial charge in [-0.25, -0.2) is 0 Å². The molecular weight excluding hydrogens is 260 g/mol. The highest BCUT2D eigenvalue weighted by atomic mass is 35.5. The van der Waals surface area contributed by atoms with Gasteiger partial charge in [-0.3, -0.25) is 14.6 Å². The van der Waals surface area contributed by atoms with Crippen molar-refractivity contribution in [2.24, 2.45) is 0 Å². The predicted molar refractivity (Wildman–Crippen MR) is 76.7 cm³/mol. The molecule has 3 nitrogen and oxygen atoms in total. The van der Waals surface area contributed by atoms with E-state index in [9.17, 15) is 4.79 Å². The lowest BCUT2D eigenvalue weighted by atomic mass is 9.98. The first-order chi connectivity index (χ1) is 9.13. The summed E-state index contributed by atoms with van der Waals surface area (Å²) in [5.41, 5.74) is 2.09. The van der Waals surface area contributed by atoms with Gasteiger partial charge in [0.15, 0.2) is 5.78 Å². The lowest BCUT2D eigenvalue weighted by Gasteiger charge is -2.46. The van der Waals surface area contributed by atoms with Crippen molar-refractivity contribution in [2.75, 3.05) is 32.7 Å². The Morgan fingerprint density at radius 2 is 2.05 bits per heavy atom. The molecule has 0 saturated carbocycles. The number of nitrogens with zero attached hydrogens (tertiary/aromatic N) is 2. The molecule has 3 aliphatic rings. The number of fused-ring (bicyclic) bond motifs is 3. The van der Waals surface area contributed by atoms with Gasteiger partial charge in [0, 0.05) is 44.2 Å². The Morgan fingerprint density at radius 3 is 2.63 bits per heavy atom. The molecule has 0 radical (unpaired) electrons. The molecule has 3 heterocycles. The van der Waals surface area contributed by atoms with Crippen molar-refractivity contribution in [1.82, 2.24) is 9.80 Å². The molecule has 2 bridgehead atoms. The van der Waals surface area contributed by atoms with E-state index in [2.05, 4.69) is 9.80 Å². The number of piperazine rings is 3. The molecule has 1 atom stereocenters. The normalized spacial score (nSPS) is 29.5. The van der Waals surface area contributed by atoms with Crippen molar-refractivity contribution in [1.29, 1.82) is 0 Å². The number of carbonyl (C=O) groups excluding carboxylic acids is 1. The van der Waals surface area contributed by atoms with E-state index in [1.165, 1.54) is 0 Å². The third-order valence-electron chi connectivity index (χ3n) is 4.22. The van der Waals surface area contributed by atoms with Gasteiger partial charge in [0.2, 0.25) is 0 Å². The lowest BCUT2D eigenvalue weighted by Crippen LogP contribution is -2.63. The van der Waals surface area contributed by atoms with Crippen molar-refractivity contribution in [3.63, 3.8) is 0 Å². The zero-order valence-corrected chi connectivity index (χ0v) is 12.0. The molecule has 0 spiro atoms. The molecule has 1 aromatic rings. The summed E-state index contributed by atoms with van der Waals surface area (Å²) in [6, 6.07) is 6.00. The highest BCUT2D eigenvalue weighted by molar-refractivity contribution is 6.31. The molecule has 0 aromatic heterocycles. The fourth-order valence-electron chi connectivity index (χ4n) is 3.02. The predicted octanol–water partition coefficient (Wildman–Crippen LogP) is 1.76. The van der Waals surface area contributed by atoms with Crippen LogP contribution in [0.15, 0.2) is 18.2 Å². The molecule has 1 unspecified atom stereocenters. The largest absolute Gasteiger partial charge is 0.299 e. The summed E-state index contributed by atoms with van der Waals surface area (Å²) in [7, 11) is 0. The molecule has 4 rings (SSSR count). The molecule has 3 fully saturated rings. The van der Waals surface area contributed by atoms with E-state index in [1.807, 2.05) is 25.1 Å². The summed E-state index contributed by atoms with van der Waals surface area (Å²) in [5.74, 6) is 0.301. The third kappa shape index (κ3) is 2.69. The molecule has 4 heteroatoms. The summed E-state index contributed by atoms with van der Waals surface area (Å²) in [6.07, 6.45) is 0.452. The van der Waals surface area contributed by atoms with Crippen LogP contribution in [0, 0.1) is 6.92 Å². The standard InChI is InChI=1S/C15H19ClN2O/c1-11-2-3-12(13(16)8-11)9-15(19)14-10-17-4-6-18(14)7-5-17/h2-3,8,14H,4-7,9-10H2,1H3. The van der Waals surface area contributed by atoms with E-state index in [0.717, 1.165) is 43.9 Å². The van der Waals surface area contributed by atoms with Crippen LogP contribution in [0.25, 0.3) is 0 Å². The van der Waals surface area contributed by atoms with Crippen LogP contribution < -0.4 is 0 Å². The number of hydrogen-bond acceptors (Lipinski definition) is 3. The summed E-state index contributed by atoms with van der Waals surface area (Å²) >= 11 is 6.22. The Bertz CT molecular complexity index is 495. The van der Waals surface area contributed by atoms with Crippen LogP contribution >= 0.6 is 11.6 Å². The quantitative estimate of drug-likeness (QED) is 0.842. The van der Waals surface area contributed by atoms with Crippen LogP contribution in [-0.4, -0.2) is 54.3 Å². The van der Waals surface area contributed by atoms with Gasteiger partial charge in [-0.1, -0.05) is 23.7 Å². The van der Waals surface area contributed by atoms with Crippen molar-refractivity contribution >= 4 is 17.4 Å². The zero-order valence-electron chi connectivity index (χ0n) is 11.2. The SMILES string of the molecule is Cc1ccc(CC(=O)C2CN3CCN2CC3)c(Cl)c1. The highest BCUT2D eigenvalue weighted by Gasteiger charge is 2.35. The molecule has 19 heavy (non-hydrogen) atoms. The van der Waals surface area contributed by atoms with Crippen LogP contribution in [-0.2, 0) is 11.2 Å². The van der Waals surface area contributed by atoms with Gasteiger partial charge in [0.05, 0.1) is 6.04 Å². The minimum Gasteiger partial charge on any atom is -0.299 e. The maximum Gasteiger partial charge on any atom is 0.155 e. The van der Waals surface area contributed by atoms with Gasteiger partial charge < -0.3 is 0 Å². The average molecular weight is 279 g/mol. The van der Waals surface area contributed by atoms with Crippen LogP contribution in [0.4, 0.5) is 0 Å². The first-order valence-corrected chi connectivity index (χ1v) is 7.25. The minimum absolute atomic E-state index is 0.0693. The topological polar surface area (TPSA) is 23.6 Å². The van der Waals surface area contributed by atoms with Gasteiger partial charge in [0.25, 0.3) is 0 Å². The number of rotatable bonds is 3. The molecule has 0 aliphatic carbocycles. The van der Waals surface area contributed by atoms with Crippen molar-refractivity contribution < 1.29 is 4.79 Å². The average Bonchev–Trinajstić information content (AvgIpc) is 2.43. The minimum atomic E-state index is 0.0693. The van der Waals surface area contributed by atoms with Crippen molar-refractivity contribution in [2.45, 2.75) is 19.4 Å². The van der Waals surface area contributed by atoms with Crippen LogP contribution in [0.2, 0.25) is 5.02 Å². The maximum atomic E-state index is 12.5. The molecule has 0 N–H and O–H groups in total. The fraction of sp³-hybridized carbons (Fsp3) is 0.533. The van der Waals surface area contributed by atoms with E-state index in [4.69, 9.17) is 11.6 Å². The van der Waals surface area contributed by atoms with Gasteiger partial charge in [-0.15, -0.1) is 0 Å². The van der Waals surface area contributed by atoms with E-state index < -0.39 is 0 Å². The molecule has 3 saturated heterocycles. The first-order valence-electron chi connectivity index (χ1n) is 6.87. The van der Waals surface area contributed by atoms with Gasteiger partial charge in [-0.2, -0.15) is 0 Å². The second-order valence-corrected chi connectivity index (χ2v) is 6.00.